The fourth-order valence-corrected chi connectivity index (χ4v) is 4.07. The van der Waals surface area contributed by atoms with Gasteiger partial charge in [-0.3, -0.25) is 14.5 Å². The summed E-state index contributed by atoms with van der Waals surface area (Å²) in [5.41, 5.74) is 0.809. The normalized spacial score (nSPS) is 17.4. The molecule has 1 saturated heterocycles. The van der Waals surface area contributed by atoms with Crippen molar-refractivity contribution in [3.8, 4) is 0 Å². The number of aliphatic carboxylic acids is 1. The van der Waals surface area contributed by atoms with Gasteiger partial charge in [0, 0.05) is 30.8 Å². The van der Waals surface area contributed by atoms with Gasteiger partial charge in [-0.05, 0) is 31.9 Å². The molecule has 2 heterocycles. The van der Waals surface area contributed by atoms with E-state index in [9.17, 15) is 9.59 Å². The van der Waals surface area contributed by atoms with Crippen molar-refractivity contribution in [3.63, 3.8) is 0 Å². The molecule has 1 aliphatic heterocycles. The first-order valence-corrected chi connectivity index (χ1v) is 9.66. The molecule has 1 aliphatic rings. The van der Waals surface area contributed by atoms with Gasteiger partial charge in [-0.25, -0.2) is 0 Å². The summed E-state index contributed by atoms with van der Waals surface area (Å²) in [5, 5.41) is 8.72. The van der Waals surface area contributed by atoms with Gasteiger partial charge >= 0.3 is 5.97 Å². The van der Waals surface area contributed by atoms with Gasteiger partial charge in [-0.1, -0.05) is 49.2 Å². The number of rotatable bonds is 7. The molecule has 1 aromatic heterocycles. The summed E-state index contributed by atoms with van der Waals surface area (Å²) in [6.45, 7) is 4.51. The fraction of sp³-hybridized carbons (Fsp3) is 0.412. The van der Waals surface area contributed by atoms with Crippen molar-refractivity contribution >= 4 is 58.5 Å². The Bertz CT molecular complexity index is 786. The van der Waals surface area contributed by atoms with Gasteiger partial charge in [-0.2, -0.15) is 0 Å². The smallest absolute Gasteiger partial charge is 0.303 e. The summed E-state index contributed by atoms with van der Waals surface area (Å²) >= 11 is 12.0. The standard InChI is InChI=1S/C17H20N2O3S3/c1-3-11(2)18-8-4-6-12(16(18)23)10-13-15(22)19(17(24)25-13)9-5-7-14(20)21/h4,6,8,10-11H,3,5,7,9H2,1-2H3,(H,20,21)/b13-10-. The van der Waals surface area contributed by atoms with Gasteiger partial charge in [0.2, 0.25) is 0 Å². The van der Waals surface area contributed by atoms with Gasteiger partial charge in [0.15, 0.2) is 0 Å². The maximum atomic E-state index is 12.5. The van der Waals surface area contributed by atoms with Crippen molar-refractivity contribution in [1.82, 2.24) is 9.47 Å². The van der Waals surface area contributed by atoms with E-state index < -0.39 is 5.97 Å². The largest absolute Gasteiger partial charge is 0.481 e. The number of hydrogen-bond donors (Lipinski definition) is 1. The highest BCUT2D eigenvalue weighted by Crippen LogP contribution is 2.33. The SMILES string of the molecule is CCC(C)n1cccc(/C=C2\SC(=S)N(CCCC(=O)O)C2=O)c1=S. The number of carboxylic acid groups (broad SMARTS) is 1. The summed E-state index contributed by atoms with van der Waals surface area (Å²) in [6.07, 6.45) is 5.08. The zero-order valence-electron chi connectivity index (χ0n) is 14.1. The molecule has 0 spiro atoms. The highest BCUT2D eigenvalue weighted by atomic mass is 32.2. The number of amides is 1. The van der Waals surface area contributed by atoms with Crippen LogP contribution in [0, 0.1) is 4.64 Å². The first-order valence-electron chi connectivity index (χ1n) is 8.03. The van der Waals surface area contributed by atoms with E-state index in [0.29, 0.717) is 26.8 Å². The van der Waals surface area contributed by atoms with Crippen molar-refractivity contribution in [2.45, 2.75) is 39.2 Å². The van der Waals surface area contributed by atoms with E-state index in [-0.39, 0.29) is 18.4 Å². The second-order valence-corrected chi connectivity index (χ2v) is 7.83. The van der Waals surface area contributed by atoms with Crippen LogP contribution in [-0.2, 0) is 9.59 Å². The third kappa shape index (κ3) is 4.77. The Morgan fingerprint density at radius 1 is 1.44 bits per heavy atom. The monoisotopic (exact) mass is 396 g/mol. The molecule has 8 heteroatoms. The molecule has 5 nitrogen and oxygen atoms in total. The zero-order valence-corrected chi connectivity index (χ0v) is 16.5. The van der Waals surface area contributed by atoms with Gasteiger partial charge < -0.3 is 9.67 Å². The quantitative estimate of drug-likeness (QED) is 0.549. The van der Waals surface area contributed by atoms with Gasteiger partial charge in [-0.15, -0.1) is 0 Å². The maximum Gasteiger partial charge on any atom is 0.303 e. The Morgan fingerprint density at radius 3 is 2.80 bits per heavy atom. The van der Waals surface area contributed by atoms with E-state index in [2.05, 4.69) is 13.8 Å². The predicted octanol–water partition coefficient (Wildman–Crippen LogP) is 4.25. The lowest BCUT2D eigenvalue weighted by Crippen LogP contribution is -2.29. The van der Waals surface area contributed by atoms with Crippen LogP contribution >= 0.6 is 36.2 Å². The molecular formula is C17H20N2O3S3. The number of hydrogen-bond acceptors (Lipinski definition) is 5. The van der Waals surface area contributed by atoms with Crippen LogP contribution in [0.15, 0.2) is 23.2 Å². The molecule has 1 atom stereocenters. The Hall–Kier alpha value is -1.51. The minimum atomic E-state index is -0.879. The summed E-state index contributed by atoms with van der Waals surface area (Å²) in [7, 11) is 0. The zero-order chi connectivity index (χ0) is 18.6. The molecule has 0 aromatic carbocycles. The molecule has 0 radical (unpaired) electrons. The molecule has 1 fully saturated rings. The number of thioether (sulfide) groups is 1. The van der Waals surface area contributed by atoms with Crippen LogP contribution in [0.4, 0.5) is 0 Å². The van der Waals surface area contributed by atoms with Crippen molar-refractivity contribution in [2.24, 2.45) is 0 Å². The van der Waals surface area contributed by atoms with Crippen LogP contribution in [-0.4, -0.2) is 37.3 Å². The van der Waals surface area contributed by atoms with Crippen LogP contribution in [0.5, 0.6) is 0 Å². The van der Waals surface area contributed by atoms with E-state index in [1.807, 2.05) is 22.9 Å². The number of carbonyl (C=O) groups excluding carboxylic acids is 1. The number of nitrogens with zero attached hydrogens (tertiary/aromatic N) is 2. The van der Waals surface area contributed by atoms with Crippen LogP contribution in [0.1, 0.15) is 44.7 Å². The molecule has 134 valence electrons. The molecule has 0 aliphatic carbocycles. The average Bonchev–Trinajstić information content (AvgIpc) is 2.83. The molecule has 1 N–H and O–H groups in total. The van der Waals surface area contributed by atoms with Crippen molar-refractivity contribution in [3.05, 3.63) is 33.4 Å². The Balaban J connectivity index is 2.22. The van der Waals surface area contributed by atoms with Crippen LogP contribution in [0.25, 0.3) is 6.08 Å². The minimum absolute atomic E-state index is 0.0139. The first kappa shape index (κ1) is 19.8. The second kappa shape index (κ2) is 8.73. The molecule has 2 rings (SSSR count). The highest BCUT2D eigenvalue weighted by Gasteiger charge is 2.31. The Labute approximate surface area is 161 Å². The van der Waals surface area contributed by atoms with Crippen LogP contribution in [0.2, 0.25) is 0 Å². The van der Waals surface area contributed by atoms with E-state index in [1.165, 1.54) is 16.7 Å². The van der Waals surface area contributed by atoms with Gasteiger partial charge in [0.05, 0.1) is 4.91 Å². The Kier molecular flexibility index (Phi) is 6.92. The number of carboxylic acids is 1. The summed E-state index contributed by atoms with van der Waals surface area (Å²) < 4.78 is 3.17. The van der Waals surface area contributed by atoms with Crippen LogP contribution in [0.3, 0.4) is 0 Å². The van der Waals surface area contributed by atoms with E-state index in [4.69, 9.17) is 29.5 Å². The van der Waals surface area contributed by atoms with Crippen molar-refractivity contribution < 1.29 is 14.7 Å². The van der Waals surface area contributed by atoms with Crippen molar-refractivity contribution in [1.29, 1.82) is 0 Å². The lowest BCUT2D eigenvalue weighted by Gasteiger charge is -2.15. The molecule has 1 unspecified atom stereocenters. The topological polar surface area (TPSA) is 62.5 Å². The van der Waals surface area contributed by atoms with E-state index >= 15 is 0 Å². The number of carbonyl (C=O) groups is 2. The van der Waals surface area contributed by atoms with Crippen LogP contribution < -0.4 is 0 Å². The third-order valence-corrected chi connectivity index (χ3v) is 5.83. The molecule has 1 aromatic rings. The molecule has 1 amide bonds. The lowest BCUT2D eigenvalue weighted by molar-refractivity contribution is -0.137. The van der Waals surface area contributed by atoms with E-state index in [1.54, 1.807) is 6.08 Å². The molecule has 0 saturated carbocycles. The molecular weight excluding hydrogens is 376 g/mol. The third-order valence-electron chi connectivity index (χ3n) is 4.00. The first-order chi connectivity index (χ1) is 11.8. The molecule has 25 heavy (non-hydrogen) atoms. The number of thiocarbonyl (C=S) groups is 1. The van der Waals surface area contributed by atoms with Gasteiger partial charge in [0.25, 0.3) is 5.91 Å². The fourth-order valence-electron chi connectivity index (χ4n) is 2.40. The number of aromatic nitrogens is 1. The molecule has 0 bridgehead atoms. The summed E-state index contributed by atoms with van der Waals surface area (Å²) in [4.78, 5) is 25.2. The second-order valence-electron chi connectivity index (χ2n) is 5.76. The minimum Gasteiger partial charge on any atom is -0.481 e. The average molecular weight is 397 g/mol. The lowest BCUT2D eigenvalue weighted by atomic mass is 10.2. The Morgan fingerprint density at radius 2 is 2.16 bits per heavy atom. The summed E-state index contributed by atoms with van der Waals surface area (Å²) in [5.74, 6) is -1.07. The predicted molar refractivity (Wildman–Crippen MR) is 107 cm³/mol. The summed E-state index contributed by atoms with van der Waals surface area (Å²) in [6, 6.07) is 4.09. The highest BCUT2D eigenvalue weighted by molar-refractivity contribution is 8.26. The van der Waals surface area contributed by atoms with Gasteiger partial charge in [0.1, 0.15) is 8.96 Å². The maximum absolute atomic E-state index is 12.5. The van der Waals surface area contributed by atoms with Crippen molar-refractivity contribution in [2.75, 3.05) is 6.54 Å². The van der Waals surface area contributed by atoms with E-state index in [0.717, 1.165) is 12.0 Å². The number of pyridine rings is 1.